The van der Waals surface area contributed by atoms with E-state index in [0.717, 1.165) is 24.9 Å². The van der Waals surface area contributed by atoms with E-state index < -0.39 is 0 Å². The maximum atomic E-state index is 11.3. The highest BCUT2D eigenvalue weighted by molar-refractivity contribution is 5.71. The maximum Gasteiger partial charge on any atom is 0.320 e. The van der Waals surface area contributed by atoms with Crippen molar-refractivity contribution in [1.82, 2.24) is 4.90 Å². The first-order valence-corrected chi connectivity index (χ1v) is 5.67. The smallest absolute Gasteiger partial charge is 0.320 e. The zero-order valence-corrected chi connectivity index (χ0v) is 8.87. The quantitative estimate of drug-likeness (QED) is 0.638. The number of carbonyl (C=O) groups is 1. The lowest BCUT2D eigenvalue weighted by Crippen LogP contribution is -2.29. The second kappa shape index (κ2) is 4.30. The molecule has 3 heteroatoms. The molecule has 0 aromatic heterocycles. The lowest BCUT2D eigenvalue weighted by molar-refractivity contribution is -0.144. The Balaban J connectivity index is 1.76. The monoisotopic (exact) mass is 197 g/mol. The Morgan fingerprint density at radius 3 is 2.57 bits per heavy atom. The zero-order valence-electron chi connectivity index (χ0n) is 8.87. The van der Waals surface area contributed by atoms with Crippen LogP contribution in [0.5, 0.6) is 0 Å². The van der Waals surface area contributed by atoms with E-state index in [2.05, 4.69) is 4.90 Å². The van der Waals surface area contributed by atoms with Gasteiger partial charge in [-0.15, -0.1) is 0 Å². The van der Waals surface area contributed by atoms with Gasteiger partial charge < -0.3 is 4.74 Å². The Morgan fingerprint density at radius 1 is 1.36 bits per heavy atom. The molecular formula is C11H19NO2. The molecule has 1 heterocycles. The maximum absolute atomic E-state index is 11.3. The van der Waals surface area contributed by atoms with Gasteiger partial charge in [-0.2, -0.15) is 0 Å². The average Bonchev–Trinajstić information content (AvgIpc) is 2.63. The molecule has 1 saturated carbocycles. The average molecular weight is 197 g/mol. The molecule has 0 aromatic rings. The lowest BCUT2D eigenvalue weighted by Gasteiger charge is -2.14. The molecule has 2 rings (SSSR count). The largest absolute Gasteiger partial charge is 0.465 e. The van der Waals surface area contributed by atoms with E-state index in [9.17, 15) is 4.79 Å². The first kappa shape index (κ1) is 9.97. The Bertz CT molecular complexity index is 205. The third-order valence-corrected chi connectivity index (χ3v) is 3.46. The van der Waals surface area contributed by atoms with E-state index in [4.69, 9.17) is 4.74 Å². The fraction of sp³-hybridized carbons (Fsp3) is 0.909. The summed E-state index contributed by atoms with van der Waals surface area (Å²) in [7, 11) is 0. The van der Waals surface area contributed by atoms with Crippen LogP contribution in [0.2, 0.25) is 0 Å². The summed E-state index contributed by atoms with van der Waals surface area (Å²) < 4.78 is 4.95. The highest BCUT2D eigenvalue weighted by atomic mass is 16.5. The summed E-state index contributed by atoms with van der Waals surface area (Å²) in [5, 5.41) is 0. The summed E-state index contributed by atoms with van der Waals surface area (Å²) in [6.45, 7) is 5.09. The van der Waals surface area contributed by atoms with Crippen molar-refractivity contribution in [2.45, 2.75) is 26.2 Å². The molecule has 0 bridgehead atoms. The van der Waals surface area contributed by atoms with E-state index in [-0.39, 0.29) is 5.97 Å². The summed E-state index contributed by atoms with van der Waals surface area (Å²) in [6.07, 6.45) is 4.12. The van der Waals surface area contributed by atoms with E-state index in [1.54, 1.807) is 0 Å². The first-order chi connectivity index (χ1) is 6.79. The molecule has 2 fully saturated rings. The van der Waals surface area contributed by atoms with Gasteiger partial charge in [-0.05, 0) is 31.6 Å². The fourth-order valence-corrected chi connectivity index (χ4v) is 2.85. The summed E-state index contributed by atoms with van der Waals surface area (Å²) in [5.41, 5.74) is 0. The molecule has 2 unspecified atom stereocenters. The van der Waals surface area contributed by atoms with Gasteiger partial charge in [0.1, 0.15) is 0 Å². The van der Waals surface area contributed by atoms with Crippen molar-refractivity contribution in [2.24, 2.45) is 11.8 Å². The van der Waals surface area contributed by atoms with Crippen LogP contribution in [0.3, 0.4) is 0 Å². The second-order valence-corrected chi connectivity index (χ2v) is 4.45. The van der Waals surface area contributed by atoms with Gasteiger partial charge in [0.25, 0.3) is 0 Å². The van der Waals surface area contributed by atoms with Crippen molar-refractivity contribution in [3.05, 3.63) is 0 Å². The van der Waals surface area contributed by atoms with Gasteiger partial charge in [-0.1, -0.05) is 6.42 Å². The van der Waals surface area contributed by atoms with Crippen LogP contribution in [0.25, 0.3) is 0 Å². The van der Waals surface area contributed by atoms with E-state index in [1.165, 1.54) is 19.3 Å². The highest BCUT2D eigenvalue weighted by Crippen LogP contribution is 2.37. The third-order valence-electron chi connectivity index (χ3n) is 3.46. The Hall–Kier alpha value is -0.570. The predicted molar refractivity (Wildman–Crippen MR) is 53.9 cm³/mol. The van der Waals surface area contributed by atoms with Crippen LogP contribution in [0.4, 0.5) is 0 Å². The van der Waals surface area contributed by atoms with Crippen molar-refractivity contribution in [1.29, 1.82) is 0 Å². The van der Waals surface area contributed by atoms with Crippen LogP contribution in [0.15, 0.2) is 0 Å². The molecular weight excluding hydrogens is 178 g/mol. The number of rotatable bonds is 3. The molecule has 0 N–H and O–H groups in total. The van der Waals surface area contributed by atoms with Gasteiger partial charge in [0.15, 0.2) is 0 Å². The van der Waals surface area contributed by atoms with Gasteiger partial charge in [0, 0.05) is 13.1 Å². The number of likely N-dealkylation sites (tertiary alicyclic amines) is 1. The Labute approximate surface area is 85.4 Å². The fourth-order valence-electron chi connectivity index (χ4n) is 2.85. The molecule has 3 nitrogen and oxygen atoms in total. The van der Waals surface area contributed by atoms with Crippen molar-refractivity contribution >= 4 is 5.97 Å². The minimum absolute atomic E-state index is 0.0625. The molecule has 0 spiro atoms. The van der Waals surface area contributed by atoms with Gasteiger partial charge in [-0.3, -0.25) is 9.69 Å². The minimum Gasteiger partial charge on any atom is -0.465 e. The molecule has 14 heavy (non-hydrogen) atoms. The molecule has 0 amide bonds. The molecule has 80 valence electrons. The van der Waals surface area contributed by atoms with Crippen LogP contribution in [-0.4, -0.2) is 37.1 Å². The summed E-state index contributed by atoms with van der Waals surface area (Å²) in [4.78, 5) is 13.5. The van der Waals surface area contributed by atoms with Crippen molar-refractivity contribution in [3.63, 3.8) is 0 Å². The number of hydrogen-bond donors (Lipinski definition) is 0. The van der Waals surface area contributed by atoms with Gasteiger partial charge in [0.2, 0.25) is 0 Å². The van der Waals surface area contributed by atoms with Gasteiger partial charge in [0.05, 0.1) is 13.2 Å². The number of carbonyl (C=O) groups excluding carboxylic acids is 1. The van der Waals surface area contributed by atoms with Crippen LogP contribution in [0, 0.1) is 11.8 Å². The SMILES string of the molecule is CCOC(=O)CN1CC2CCCC2C1. The number of hydrogen-bond acceptors (Lipinski definition) is 3. The van der Waals surface area contributed by atoms with Gasteiger partial charge >= 0.3 is 5.97 Å². The lowest BCUT2D eigenvalue weighted by atomic mass is 10.0. The summed E-state index contributed by atoms with van der Waals surface area (Å²) in [5.74, 6) is 1.67. The molecule has 0 aromatic carbocycles. The summed E-state index contributed by atoms with van der Waals surface area (Å²) >= 11 is 0. The van der Waals surface area contributed by atoms with Gasteiger partial charge in [-0.25, -0.2) is 0 Å². The predicted octanol–water partition coefficient (Wildman–Crippen LogP) is 1.28. The van der Waals surface area contributed by atoms with Crippen LogP contribution < -0.4 is 0 Å². The molecule has 2 atom stereocenters. The summed E-state index contributed by atoms with van der Waals surface area (Å²) in [6, 6.07) is 0. The number of fused-ring (bicyclic) bond motifs is 1. The molecule has 1 saturated heterocycles. The van der Waals surface area contributed by atoms with Crippen molar-refractivity contribution in [2.75, 3.05) is 26.2 Å². The minimum atomic E-state index is -0.0625. The normalized spacial score (nSPS) is 31.8. The molecule has 2 aliphatic rings. The van der Waals surface area contributed by atoms with E-state index >= 15 is 0 Å². The Morgan fingerprint density at radius 2 is 2.00 bits per heavy atom. The van der Waals surface area contributed by atoms with Crippen molar-refractivity contribution < 1.29 is 9.53 Å². The van der Waals surface area contributed by atoms with Crippen LogP contribution in [0.1, 0.15) is 26.2 Å². The highest BCUT2D eigenvalue weighted by Gasteiger charge is 2.36. The van der Waals surface area contributed by atoms with Crippen LogP contribution in [-0.2, 0) is 9.53 Å². The number of esters is 1. The molecule has 0 radical (unpaired) electrons. The van der Waals surface area contributed by atoms with E-state index in [0.29, 0.717) is 13.2 Å². The third kappa shape index (κ3) is 2.08. The first-order valence-electron chi connectivity index (χ1n) is 5.67. The van der Waals surface area contributed by atoms with Crippen molar-refractivity contribution in [3.8, 4) is 0 Å². The topological polar surface area (TPSA) is 29.5 Å². The zero-order chi connectivity index (χ0) is 9.97. The Kier molecular flexibility index (Phi) is 3.06. The second-order valence-electron chi connectivity index (χ2n) is 4.45. The molecule has 1 aliphatic heterocycles. The van der Waals surface area contributed by atoms with Crippen LogP contribution >= 0.6 is 0 Å². The van der Waals surface area contributed by atoms with E-state index in [1.807, 2.05) is 6.92 Å². The molecule has 1 aliphatic carbocycles. The number of nitrogens with zero attached hydrogens (tertiary/aromatic N) is 1. The standard InChI is InChI=1S/C11H19NO2/c1-2-14-11(13)8-12-6-9-4-3-5-10(9)7-12/h9-10H,2-8H2,1H3. The number of ether oxygens (including phenoxy) is 1.